The topological polar surface area (TPSA) is 49.0 Å². The van der Waals surface area contributed by atoms with Gasteiger partial charge in [-0.25, -0.2) is 0 Å². The van der Waals surface area contributed by atoms with Crippen LogP contribution in [0.1, 0.15) is 10.4 Å². The van der Waals surface area contributed by atoms with Gasteiger partial charge in [-0.3, -0.25) is 4.99 Å². The fraction of sp³-hybridized carbons (Fsp3) is 0.154. The molecule has 1 aromatic heterocycles. The Bertz CT molecular complexity index is 582. The van der Waals surface area contributed by atoms with Crippen molar-refractivity contribution < 1.29 is 0 Å². The lowest BCUT2D eigenvalue weighted by Crippen LogP contribution is -1.86. The average Bonchev–Trinajstić information content (AvgIpc) is 2.82. The van der Waals surface area contributed by atoms with Gasteiger partial charge in [0.2, 0.25) is 0 Å². The highest BCUT2D eigenvalue weighted by molar-refractivity contribution is 7.98. The van der Waals surface area contributed by atoms with E-state index in [2.05, 4.69) is 15.4 Å². The van der Waals surface area contributed by atoms with E-state index in [1.165, 1.54) is 23.3 Å². The van der Waals surface area contributed by atoms with Crippen LogP contribution in [0.25, 0.3) is 0 Å². The highest BCUT2D eigenvalue weighted by Crippen LogP contribution is 2.25. The molecule has 1 aromatic carbocycles. The van der Waals surface area contributed by atoms with E-state index in [1.54, 1.807) is 0 Å². The normalized spacial score (nSPS) is 10.7. The molecule has 0 radical (unpaired) electrons. The van der Waals surface area contributed by atoms with E-state index in [4.69, 9.17) is 5.26 Å². The summed E-state index contributed by atoms with van der Waals surface area (Å²) in [5.41, 5.74) is 1.61. The zero-order chi connectivity index (χ0) is 12.8. The second-order valence-corrected chi connectivity index (χ2v) is 5.11. The Morgan fingerprint density at radius 1 is 1.44 bits per heavy atom. The number of nitrogens with zero attached hydrogens (tertiary/aromatic N) is 3. The number of thioether (sulfide) groups is 1. The summed E-state index contributed by atoms with van der Waals surface area (Å²) in [4.78, 5) is 5.32. The first-order valence-corrected chi connectivity index (χ1v) is 7.35. The van der Waals surface area contributed by atoms with Gasteiger partial charge in [-0.05, 0) is 29.9 Å². The standard InChI is InChI=1S/C13H11N3S2/c1-17-13-11(9-14)12(18-16-13)7-8-15-10-5-3-2-4-6-10/h2-6,8H,7H2,1H3. The van der Waals surface area contributed by atoms with Crippen LogP contribution in [0.15, 0.2) is 40.4 Å². The lowest BCUT2D eigenvalue weighted by Gasteiger charge is -1.93. The molecule has 1 heterocycles. The van der Waals surface area contributed by atoms with Gasteiger partial charge in [0.1, 0.15) is 16.7 Å². The summed E-state index contributed by atoms with van der Waals surface area (Å²) in [5.74, 6) is 0. The van der Waals surface area contributed by atoms with E-state index in [0.717, 1.165) is 15.6 Å². The zero-order valence-corrected chi connectivity index (χ0v) is 11.5. The number of para-hydroxylation sites is 1. The van der Waals surface area contributed by atoms with Crippen LogP contribution in [0.2, 0.25) is 0 Å². The smallest absolute Gasteiger partial charge is 0.128 e. The molecule has 0 fully saturated rings. The van der Waals surface area contributed by atoms with Crippen molar-refractivity contribution in [1.82, 2.24) is 4.37 Å². The largest absolute Gasteiger partial charge is 0.261 e. The first kappa shape index (κ1) is 12.8. The van der Waals surface area contributed by atoms with Crippen LogP contribution in [0.5, 0.6) is 0 Å². The molecule has 3 nitrogen and oxygen atoms in total. The number of benzene rings is 1. The molecule has 0 amide bonds. The van der Waals surface area contributed by atoms with Gasteiger partial charge in [0.25, 0.3) is 0 Å². The number of rotatable bonds is 4. The van der Waals surface area contributed by atoms with Crippen molar-refractivity contribution >= 4 is 35.2 Å². The predicted molar refractivity (Wildman–Crippen MR) is 76.9 cm³/mol. The third-order valence-electron chi connectivity index (χ3n) is 2.31. The fourth-order valence-electron chi connectivity index (χ4n) is 1.44. The maximum Gasteiger partial charge on any atom is 0.128 e. The maximum absolute atomic E-state index is 9.09. The number of aliphatic imine (C=N–C) groups is 1. The van der Waals surface area contributed by atoms with Crippen molar-refractivity contribution in [3.63, 3.8) is 0 Å². The fourth-order valence-corrected chi connectivity index (χ4v) is 2.96. The van der Waals surface area contributed by atoms with Crippen molar-refractivity contribution in [2.45, 2.75) is 11.4 Å². The molecule has 90 valence electrons. The van der Waals surface area contributed by atoms with E-state index in [0.29, 0.717) is 12.0 Å². The molecule has 0 atom stereocenters. The van der Waals surface area contributed by atoms with E-state index < -0.39 is 0 Å². The van der Waals surface area contributed by atoms with Crippen LogP contribution in [0.3, 0.4) is 0 Å². The zero-order valence-electron chi connectivity index (χ0n) is 9.83. The van der Waals surface area contributed by atoms with Gasteiger partial charge >= 0.3 is 0 Å². The van der Waals surface area contributed by atoms with Crippen molar-refractivity contribution in [3.05, 3.63) is 40.8 Å². The molecule has 0 saturated carbocycles. The maximum atomic E-state index is 9.09. The van der Waals surface area contributed by atoms with Crippen LogP contribution in [0.4, 0.5) is 5.69 Å². The molecule has 0 bridgehead atoms. The summed E-state index contributed by atoms with van der Waals surface area (Å²) in [6.45, 7) is 0. The minimum absolute atomic E-state index is 0.649. The van der Waals surface area contributed by atoms with Crippen LogP contribution in [0, 0.1) is 11.3 Å². The molecule has 2 rings (SSSR count). The Hall–Kier alpha value is -1.64. The lowest BCUT2D eigenvalue weighted by molar-refractivity contribution is 1.23. The van der Waals surface area contributed by atoms with Crippen LogP contribution in [-0.2, 0) is 6.42 Å². The molecule has 0 aliphatic rings. The highest BCUT2D eigenvalue weighted by atomic mass is 32.2. The second kappa shape index (κ2) is 6.34. The van der Waals surface area contributed by atoms with Crippen molar-refractivity contribution in [2.75, 3.05) is 6.26 Å². The Balaban J connectivity index is 2.09. The lowest BCUT2D eigenvalue weighted by atomic mass is 10.2. The average molecular weight is 273 g/mol. The monoisotopic (exact) mass is 273 g/mol. The Morgan fingerprint density at radius 2 is 2.22 bits per heavy atom. The third kappa shape index (κ3) is 2.97. The van der Waals surface area contributed by atoms with Gasteiger partial charge in [-0.1, -0.05) is 18.2 Å². The molecule has 5 heteroatoms. The quantitative estimate of drug-likeness (QED) is 0.630. The van der Waals surface area contributed by atoms with Crippen molar-refractivity contribution in [1.29, 1.82) is 5.26 Å². The van der Waals surface area contributed by atoms with E-state index in [9.17, 15) is 0 Å². The van der Waals surface area contributed by atoms with Gasteiger partial charge < -0.3 is 0 Å². The van der Waals surface area contributed by atoms with Gasteiger partial charge in [-0.2, -0.15) is 9.64 Å². The van der Waals surface area contributed by atoms with Gasteiger partial charge in [0.05, 0.1) is 5.69 Å². The second-order valence-electron chi connectivity index (χ2n) is 3.45. The Kier molecular flexibility index (Phi) is 4.51. The summed E-state index contributed by atoms with van der Waals surface area (Å²) >= 11 is 2.88. The van der Waals surface area contributed by atoms with Gasteiger partial charge in [-0.15, -0.1) is 11.8 Å². The molecule has 2 aromatic rings. The van der Waals surface area contributed by atoms with Crippen LogP contribution < -0.4 is 0 Å². The summed E-state index contributed by atoms with van der Waals surface area (Å²) in [7, 11) is 0. The summed E-state index contributed by atoms with van der Waals surface area (Å²) in [5, 5.41) is 9.91. The van der Waals surface area contributed by atoms with Gasteiger partial charge in [0, 0.05) is 17.5 Å². The molecular weight excluding hydrogens is 262 g/mol. The predicted octanol–water partition coefficient (Wildman–Crippen LogP) is 3.68. The van der Waals surface area contributed by atoms with Crippen LogP contribution >= 0.6 is 23.3 Å². The molecular formula is C13H11N3S2. The van der Waals surface area contributed by atoms with E-state index >= 15 is 0 Å². The number of hydrogen-bond acceptors (Lipinski definition) is 5. The molecule has 0 spiro atoms. The van der Waals surface area contributed by atoms with E-state index in [1.807, 2.05) is 42.8 Å². The number of hydrogen-bond donors (Lipinski definition) is 0. The van der Waals surface area contributed by atoms with Crippen molar-refractivity contribution in [3.8, 4) is 6.07 Å². The minimum atomic E-state index is 0.649. The first-order valence-electron chi connectivity index (χ1n) is 5.35. The summed E-state index contributed by atoms with van der Waals surface area (Å²) in [6.07, 6.45) is 4.40. The SMILES string of the molecule is CSc1nsc(CC=Nc2ccccc2)c1C#N. The van der Waals surface area contributed by atoms with Crippen LogP contribution in [-0.4, -0.2) is 16.8 Å². The summed E-state index contributed by atoms with van der Waals surface area (Å²) in [6, 6.07) is 12.0. The minimum Gasteiger partial charge on any atom is -0.261 e. The van der Waals surface area contributed by atoms with E-state index in [-0.39, 0.29) is 0 Å². The molecule has 0 saturated heterocycles. The number of aromatic nitrogens is 1. The summed E-state index contributed by atoms with van der Waals surface area (Å²) < 4.78 is 4.25. The molecule has 0 aliphatic heterocycles. The highest BCUT2D eigenvalue weighted by Gasteiger charge is 2.11. The van der Waals surface area contributed by atoms with Gasteiger partial charge in [0.15, 0.2) is 0 Å². The Labute approximate surface area is 114 Å². The molecule has 0 unspecified atom stereocenters. The molecule has 0 N–H and O–H groups in total. The molecule has 0 aliphatic carbocycles. The van der Waals surface area contributed by atoms with Crippen molar-refractivity contribution in [2.24, 2.45) is 4.99 Å². The third-order valence-corrected chi connectivity index (χ3v) is 3.97. The first-order chi connectivity index (χ1) is 8.85. The Morgan fingerprint density at radius 3 is 2.89 bits per heavy atom. The number of nitriles is 1. The molecule has 18 heavy (non-hydrogen) atoms.